The number of aromatic hydroxyl groups is 3. The largest absolute Gasteiger partial charge is 0.508 e. The number of aromatic nitrogens is 1. The molecule has 1 heterocycles. The van der Waals surface area contributed by atoms with Gasteiger partial charge in [-0.05, 0) is 74.2 Å². The van der Waals surface area contributed by atoms with Gasteiger partial charge in [0.25, 0.3) is 0 Å². The van der Waals surface area contributed by atoms with Crippen LogP contribution in [0.1, 0.15) is 70.2 Å². The summed E-state index contributed by atoms with van der Waals surface area (Å²) in [7, 11) is 0. The molecule has 9 heteroatoms. The molecular formula is C35H42N4O5. The SMILES string of the molecule is CCC(C)(c1cccc(C(C)(C)NC(=O)Nc2ccc(O)cc2)c1)c1c(CC(C)(C)C(N)=O)c(O)n(-c2ccccc2)c1O. The van der Waals surface area contributed by atoms with Crippen LogP contribution in [0, 0.1) is 5.41 Å². The molecular weight excluding hydrogens is 556 g/mol. The van der Waals surface area contributed by atoms with E-state index >= 15 is 0 Å². The summed E-state index contributed by atoms with van der Waals surface area (Å²) >= 11 is 0. The monoisotopic (exact) mass is 598 g/mol. The number of phenolic OH excluding ortho intramolecular Hbond substituents is 1. The van der Waals surface area contributed by atoms with E-state index in [1.807, 2.05) is 70.2 Å². The Morgan fingerprint density at radius 2 is 1.43 bits per heavy atom. The van der Waals surface area contributed by atoms with Crippen molar-refractivity contribution in [2.45, 2.75) is 65.3 Å². The van der Waals surface area contributed by atoms with E-state index in [9.17, 15) is 24.9 Å². The van der Waals surface area contributed by atoms with E-state index in [1.54, 1.807) is 38.1 Å². The summed E-state index contributed by atoms with van der Waals surface area (Å²) in [6, 6.07) is 22.6. The van der Waals surface area contributed by atoms with Gasteiger partial charge in [-0.2, -0.15) is 0 Å². The molecule has 0 aliphatic rings. The Bertz CT molecular complexity index is 1660. The van der Waals surface area contributed by atoms with E-state index in [-0.39, 0.29) is 23.9 Å². The Labute approximate surface area is 258 Å². The summed E-state index contributed by atoms with van der Waals surface area (Å²) in [5, 5.41) is 38.7. The maximum Gasteiger partial charge on any atom is 0.319 e. The molecule has 0 saturated carbocycles. The zero-order valence-electron chi connectivity index (χ0n) is 26.1. The molecule has 7 N–H and O–H groups in total. The average molecular weight is 599 g/mol. The summed E-state index contributed by atoms with van der Waals surface area (Å²) < 4.78 is 1.40. The molecule has 0 saturated heterocycles. The quantitative estimate of drug-likeness (QED) is 0.116. The first-order chi connectivity index (χ1) is 20.6. The molecule has 1 unspecified atom stereocenters. The fraction of sp³-hybridized carbons (Fsp3) is 0.314. The fourth-order valence-corrected chi connectivity index (χ4v) is 5.53. The molecule has 44 heavy (non-hydrogen) atoms. The highest BCUT2D eigenvalue weighted by molar-refractivity contribution is 5.89. The number of primary amides is 1. The van der Waals surface area contributed by atoms with Crippen molar-refractivity contribution < 1.29 is 24.9 Å². The highest BCUT2D eigenvalue weighted by Crippen LogP contribution is 2.49. The third-order valence-electron chi connectivity index (χ3n) is 8.55. The molecule has 4 rings (SSSR count). The number of hydrogen-bond acceptors (Lipinski definition) is 5. The summed E-state index contributed by atoms with van der Waals surface area (Å²) in [6.07, 6.45) is 0.651. The van der Waals surface area contributed by atoms with Gasteiger partial charge >= 0.3 is 6.03 Å². The predicted octanol–water partition coefficient (Wildman–Crippen LogP) is 6.42. The Morgan fingerprint density at radius 1 is 0.818 bits per heavy atom. The number of hydrogen-bond donors (Lipinski definition) is 6. The topological polar surface area (TPSA) is 150 Å². The first-order valence-corrected chi connectivity index (χ1v) is 14.6. The zero-order valence-corrected chi connectivity index (χ0v) is 26.1. The zero-order chi connectivity index (χ0) is 32.4. The van der Waals surface area contributed by atoms with Crippen LogP contribution in [0.15, 0.2) is 78.9 Å². The van der Waals surface area contributed by atoms with Crippen molar-refractivity contribution in [3.05, 3.63) is 101 Å². The van der Waals surface area contributed by atoms with Crippen molar-refractivity contribution in [2.75, 3.05) is 5.32 Å². The Morgan fingerprint density at radius 3 is 2.02 bits per heavy atom. The summed E-state index contributed by atoms with van der Waals surface area (Å²) in [5.74, 6) is -0.688. The van der Waals surface area contributed by atoms with E-state index in [0.29, 0.717) is 28.9 Å². The van der Waals surface area contributed by atoms with Gasteiger partial charge in [0.2, 0.25) is 17.7 Å². The third kappa shape index (κ3) is 6.22. The minimum absolute atomic E-state index is 0.104. The van der Waals surface area contributed by atoms with Gasteiger partial charge < -0.3 is 31.7 Å². The van der Waals surface area contributed by atoms with E-state index in [1.165, 1.54) is 16.7 Å². The number of anilines is 1. The third-order valence-corrected chi connectivity index (χ3v) is 8.55. The number of carbonyl (C=O) groups excluding carboxylic acids is 2. The molecule has 0 radical (unpaired) electrons. The lowest BCUT2D eigenvalue weighted by Gasteiger charge is -2.33. The minimum Gasteiger partial charge on any atom is -0.508 e. The Balaban J connectivity index is 1.79. The van der Waals surface area contributed by atoms with Crippen molar-refractivity contribution in [2.24, 2.45) is 11.1 Å². The highest BCUT2D eigenvalue weighted by atomic mass is 16.3. The summed E-state index contributed by atoms with van der Waals surface area (Å²) in [6.45, 7) is 11.2. The van der Waals surface area contributed by atoms with Gasteiger partial charge in [-0.15, -0.1) is 0 Å². The molecule has 3 amide bonds. The van der Waals surface area contributed by atoms with Crippen LogP contribution in [-0.4, -0.2) is 31.8 Å². The van der Waals surface area contributed by atoms with Crippen molar-refractivity contribution >= 4 is 17.6 Å². The second-order valence-corrected chi connectivity index (χ2v) is 12.6. The lowest BCUT2D eigenvalue weighted by molar-refractivity contribution is -0.125. The average Bonchev–Trinajstić information content (AvgIpc) is 3.22. The number of rotatable bonds is 10. The normalized spacial score (nSPS) is 13.2. The van der Waals surface area contributed by atoms with Gasteiger partial charge in [-0.25, -0.2) is 4.79 Å². The maximum absolute atomic E-state index is 12.9. The minimum atomic E-state index is -1.01. The van der Waals surface area contributed by atoms with Gasteiger partial charge in [0, 0.05) is 27.6 Å². The van der Waals surface area contributed by atoms with Crippen molar-refractivity contribution in [3.63, 3.8) is 0 Å². The molecule has 232 valence electrons. The van der Waals surface area contributed by atoms with Crippen LogP contribution >= 0.6 is 0 Å². The molecule has 4 aromatic rings. The van der Waals surface area contributed by atoms with Gasteiger partial charge in [-0.1, -0.05) is 70.2 Å². The number of phenols is 1. The van der Waals surface area contributed by atoms with Gasteiger partial charge in [0.15, 0.2) is 0 Å². The van der Waals surface area contributed by atoms with Crippen LogP contribution < -0.4 is 16.4 Å². The van der Waals surface area contributed by atoms with Gasteiger partial charge in [-0.3, -0.25) is 9.36 Å². The number of nitrogens with two attached hydrogens (primary N) is 1. The molecule has 0 aliphatic heterocycles. The maximum atomic E-state index is 12.9. The molecule has 0 aliphatic carbocycles. The van der Waals surface area contributed by atoms with Crippen molar-refractivity contribution in [1.29, 1.82) is 0 Å². The number of para-hydroxylation sites is 1. The van der Waals surface area contributed by atoms with Crippen molar-refractivity contribution in [3.8, 4) is 23.2 Å². The molecule has 1 aromatic heterocycles. The van der Waals surface area contributed by atoms with Crippen LogP contribution in [0.3, 0.4) is 0 Å². The van der Waals surface area contributed by atoms with Crippen LogP contribution in [0.2, 0.25) is 0 Å². The van der Waals surface area contributed by atoms with Crippen LogP contribution in [0.25, 0.3) is 5.69 Å². The van der Waals surface area contributed by atoms with E-state index < -0.39 is 28.3 Å². The first kappa shape index (κ1) is 32.0. The van der Waals surface area contributed by atoms with Crippen LogP contribution in [0.4, 0.5) is 10.5 Å². The van der Waals surface area contributed by atoms with Crippen molar-refractivity contribution in [1.82, 2.24) is 9.88 Å². The number of nitrogens with zero attached hydrogens (tertiary/aromatic N) is 1. The van der Waals surface area contributed by atoms with E-state index in [0.717, 1.165) is 11.1 Å². The highest BCUT2D eigenvalue weighted by Gasteiger charge is 2.41. The number of nitrogens with one attached hydrogen (secondary N) is 2. The summed E-state index contributed by atoms with van der Waals surface area (Å²) in [5.41, 5.74) is 6.85. The van der Waals surface area contributed by atoms with Crippen LogP contribution in [0.5, 0.6) is 17.5 Å². The summed E-state index contributed by atoms with van der Waals surface area (Å²) in [4.78, 5) is 25.3. The Hall–Kier alpha value is -4.92. The molecule has 3 aromatic carbocycles. The van der Waals surface area contributed by atoms with Crippen LogP contribution in [-0.2, 0) is 22.2 Å². The molecule has 0 bridgehead atoms. The number of carbonyl (C=O) groups is 2. The lowest BCUT2D eigenvalue weighted by Crippen LogP contribution is -2.43. The standard InChI is InChI=1S/C35H42N4O5/c1-7-35(6,23-13-11-12-22(20-23)34(4,5)38-32(44)37-24-16-18-26(40)19-17-24)28-27(21-33(2,3)31(36)43)29(41)39(30(28)42)25-14-9-8-10-15-25/h8-20,40-42H,7,21H2,1-6H3,(H2,36,43)(H2,37,38,44). The molecule has 1 atom stereocenters. The smallest absolute Gasteiger partial charge is 0.319 e. The van der Waals surface area contributed by atoms with E-state index in [4.69, 9.17) is 5.73 Å². The molecule has 9 nitrogen and oxygen atoms in total. The first-order valence-electron chi connectivity index (χ1n) is 14.6. The number of urea groups is 1. The predicted molar refractivity (Wildman–Crippen MR) is 172 cm³/mol. The van der Waals surface area contributed by atoms with Gasteiger partial charge in [0.05, 0.1) is 11.2 Å². The lowest BCUT2D eigenvalue weighted by atomic mass is 9.70. The Kier molecular flexibility index (Phi) is 8.72. The second-order valence-electron chi connectivity index (χ2n) is 12.6. The second kappa shape index (κ2) is 12.0. The molecule has 0 fully saturated rings. The number of amides is 3. The fourth-order valence-electron chi connectivity index (χ4n) is 5.53. The van der Waals surface area contributed by atoms with Gasteiger partial charge in [0.1, 0.15) is 5.75 Å². The number of benzene rings is 3. The van der Waals surface area contributed by atoms with E-state index in [2.05, 4.69) is 10.6 Å². The molecule has 0 spiro atoms.